The zero-order valence-corrected chi connectivity index (χ0v) is 24.8. The van der Waals surface area contributed by atoms with Gasteiger partial charge >= 0.3 is 11.9 Å². The maximum Gasteiger partial charge on any atom is 0.350 e. The first-order chi connectivity index (χ1) is 20.1. The summed E-state index contributed by atoms with van der Waals surface area (Å²) in [5, 5.41) is 11.8. The summed E-state index contributed by atoms with van der Waals surface area (Å²) in [6, 6.07) is 5.70. The minimum Gasteiger partial charge on any atom is -0.505 e. The number of aliphatic hydroxyl groups excluding tert-OH is 1. The molecule has 1 aromatic carbocycles. The standard InChI is InChI=1S/C29H28N4O8S/c1-13-9-8-10-32-15(3)20(31-26(13)32)22(34)19-21(16-11-17(38-4)24(40-6)18(12-16)39-5)33(27(36)23(19)35)29-30-14(2)25(42-29)28(37)41-7/h8-12,21,34H,1-7H3/b22-19+. The Morgan fingerprint density at radius 1 is 1.00 bits per heavy atom. The number of aliphatic hydroxyl groups is 1. The van der Waals surface area contributed by atoms with Crippen LogP contribution in [0.3, 0.4) is 0 Å². The van der Waals surface area contributed by atoms with Crippen molar-refractivity contribution in [2.45, 2.75) is 26.8 Å². The minimum absolute atomic E-state index is 0.0652. The molecule has 0 aliphatic carbocycles. The van der Waals surface area contributed by atoms with Crippen molar-refractivity contribution in [2.75, 3.05) is 33.3 Å². The van der Waals surface area contributed by atoms with Crippen LogP contribution in [0.2, 0.25) is 0 Å². The highest BCUT2D eigenvalue weighted by atomic mass is 32.1. The number of Topliss-reactive ketones (excluding diaryl/α,β-unsaturated/α-hetero) is 1. The molecule has 4 aromatic rings. The normalized spacial score (nSPS) is 16.3. The molecule has 12 nitrogen and oxygen atoms in total. The Morgan fingerprint density at radius 3 is 2.24 bits per heavy atom. The summed E-state index contributed by atoms with van der Waals surface area (Å²) in [6.07, 6.45) is 1.80. The first-order valence-corrected chi connectivity index (χ1v) is 13.5. The number of methoxy groups -OCH3 is 4. The summed E-state index contributed by atoms with van der Waals surface area (Å²) in [4.78, 5) is 50.2. The third-order valence-electron chi connectivity index (χ3n) is 7.12. The van der Waals surface area contributed by atoms with E-state index in [4.69, 9.17) is 18.9 Å². The number of hydrogen-bond donors (Lipinski definition) is 1. The van der Waals surface area contributed by atoms with Crippen LogP contribution in [0.1, 0.15) is 43.9 Å². The zero-order valence-electron chi connectivity index (χ0n) is 24.0. The van der Waals surface area contributed by atoms with Gasteiger partial charge in [-0.2, -0.15) is 0 Å². The number of amides is 1. The number of ether oxygens (including phenoxy) is 4. The average Bonchev–Trinajstić information content (AvgIpc) is 3.63. The minimum atomic E-state index is -1.19. The van der Waals surface area contributed by atoms with Crippen LogP contribution in [-0.2, 0) is 14.3 Å². The molecule has 4 heterocycles. The molecule has 0 bridgehead atoms. The number of aromatic nitrogens is 3. The molecule has 1 saturated heterocycles. The van der Waals surface area contributed by atoms with Crippen molar-refractivity contribution in [3.05, 3.63) is 69.1 Å². The summed E-state index contributed by atoms with van der Waals surface area (Å²) in [5.41, 5.74) is 2.62. The molecule has 1 atom stereocenters. The molecule has 0 saturated carbocycles. The molecule has 1 unspecified atom stereocenters. The molecule has 1 fully saturated rings. The molecule has 5 rings (SSSR count). The van der Waals surface area contributed by atoms with Crippen molar-refractivity contribution in [3.63, 3.8) is 0 Å². The number of esters is 1. The molecular formula is C29H28N4O8S. The highest BCUT2D eigenvalue weighted by Gasteiger charge is 2.49. The summed E-state index contributed by atoms with van der Waals surface area (Å²) in [5.74, 6) is -2.16. The van der Waals surface area contributed by atoms with E-state index >= 15 is 0 Å². The third kappa shape index (κ3) is 4.33. The van der Waals surface area contributed by atoms with Gasteiger partial charge in [0.25, 0.3) is 5.78 Å². The molecule has 218 valence electrons. The van der Waals surface area contributed by atoms with Crippen molar-refractivity contribution in [2.24, 2.45) is 0 Å². The fourth-order valence-electron chi connectivity index (χ4n) is 5.05. The number of benzene rings is 1. The van der Waals surface area contributed by atoms with Gasteiger partial charge in [0.1, 0.15) is 16.2 Å². The van der Waals surface area contributed by atoms with Gasteiger partial charge in [-0.3, -0.25) is 14.5 Å². The van der Waals surface area contributed by atoms with E-state index in [1.807, 2.05) is 19.1 Å². The summed E-state index contributed by atoms with van der Waals surface area (Å²) in [6.45, 7) is 5.23. The first-order valence-electron chi connectivity index (χ1n) is 12.7. The van der Waals surface area contributed by atoms with Gasteiger partial charge in [0.15, 0.2) is 22.4 Å². The van der Waals surface area contributed by atoms with E-state index in [0.717, 1.165) is 21.8 Å². The predicted octanol–water partition coefficient (Wildman–Crippen LogP) is 4.15. The fourth-order valence-corrected chi connectivity index (χ4v) is 6.06. The van der Waals surface area contributed by atoms with Crippen molar-refractivity contribution >= 4 is 45.5 Å². The second-order valence-corrected chi connectivity index (χ2v) is 10.4. The Hall–Kier alpha value is -4.91. The number of anilines is 1. The summed E-state index contributed by atoms with van der Waals surface area (Å²) in [7, 11) is 5.57. The Kier molecular flexibility index (Phi) is 7.37. The molecule has 0 radical (unpaired) electrons. The van der Waals surface area contributed by atoms with E-state index in [9.17, 15) is 19.5 Å². The van der Waals surface area contributed by atoms with Crippen molar-refractivity contribution in [1.29, 1.82) is 0 Å². The molecule has 0 spiro atoms. The first kappa shape index (κ1) is 28.6. The van der Waals surface area contributed by atoms with Gasteiger partial charge in [0.05, 0.1) is 51.4 Å². The monoisotopic (exact) mass is 592 g/mol. The number of aryl methyl sites for hydroxylation is 3. The predicted molar refractivity (Wildman–Crippen MR) is 154 cm³/mol. The quantitative estimate of drug-likeness (QED) is 0.144. The number of ketones is 1. The molecule has 3 aromatic heterocycles. The third-order valence-corrected chi connectivity index (χ3v) is 8.25. The van der Waals surface area contributed by atoms with Crippen LogP contribution in [-0.4, -0.2) is 65.6 Å². The second-order valence-electron chi connectivity index (χ2n) is 9.46. The van der Waals surface area contributed by atoms with E-state index < -0.39 is 29.5 Å². The number of rotatable bonds is 7. The van der Waals surface area contributed by atoms with Crippen molar-refractivity contribution in [3.8, 4) is 17.2 Å². The lowest BCUT2D eigenvalue weighted by atomic mass is 9.95. The van der Waals surface area contributed by atoms with Gasteiger partial charge in [-0.25, -0.2) is 14.8 Å². The number of carbonyl (C=O) groups is 3. The summed E-state index contributed by atoms with van der Waals surface area (Å²) < 4.78 is 23.2. The van der Waals surface area contributed by atoms with Crippen molar-refractivity contribution < 1.29 is 38.4 Å². The largest absolute Gasteiger partial charge is 0.505 e. The van der Waals surface area contributed by atoms with Gasteiger partial charge < -0.3 is 28.5 Å². The smallest absolute Gasteiger partial charge is 0.350 e. The molecular weight excluding hydrogens is 564 g/mol. The van der Waals surface area contributed by atoms with Crippen LogP contribution in [0.25, 0.3) is 11.4 Å². The number of carbonyl (C=O) groups excluding carboxylic acids is 3. The number of hydrogen-bond acceptors (Lipinski definition) is 11. The van der Waals surface area contributed by atoms with E-state index in [1.165, 1.54) is 28.4 Å². The number of fused-ring (bicyclic) bond motifs is 1. The van der Waals surface area contributed by atoms with Crippen LogP contribution in [0.5, 0.6) is 17.2 Å². The van der Waals surface area contributed by atoms with Crippen LogP contribution in [0.4, 0.5) is 5.13 Å². The molecule has 1 amide bonds. The Morgan fingerprint density at radius 2 is 1.67 bits per heavy atom. The van der Waals surface area contributed by atoms with Gasteiger partial charge in [-0.15, -0.1) is 0 Å². The highest BCUT2D eigenvalue weighted by molar-refractivity contribution is 7.17. The van der Waals surface area contributed by atoms with Gasteiger partial charge in [0, 0.05) is 6.20 Å². The van der Waals surface area contributed by atoms with E-state index in [2.05, 4.69) is 9.97 Å². The van der Waals surface area contributed by atoms with Crippen LogP contribution < -0.4 is 19.1 Å². The second kappa shape index (κ2) is 10.8. The average molecular weight is 593 g/mol. The lowest BCUT2D eigenvalue weighted by Crippen LogP contribution is -2.29. The zero-order chi connectivity index (χ0) is 30.5. The van der Waals surface area contributed by atoms with Crippen LogP contribution >= 0.6 is 11.3 Å². The molecule has 1 N–H and O–H groups in total. The number of nitrogens with zero attached hydrogens (tertiary/aromatic N) is 4. The molecule has 42 heavy (non-hydrogen) atoms. The van der Waals surface area contributed by atoms with Crippen LogP contribution in [0, 0.1) is 20.8 Å². The maximum absolute atomic E-state index is 13.7. The highest BCUT2D eigenvalue weighted by Crippen LogP contribution is 2.48. The fraction of sp³-hybridized carbons (Fsp3) is 0.276. The van der Waals surface area contributed by atoms with Gasteiger partial charge in [-0.1, -0.05) is 17.4 Å². The van der Waals surface area contributed by atoms with Crippen molar-refractivity contribution in [1.82, 2.24) is 14.4 Å². The van der Waals surface area contributed by atoms with E-state index in [-0.39, 0.29) is 32.8 Å². The Labute approximate surface area is 244 Å². The van der Waals surface area contributed by atoms with E-state index in [0.29, 0.717) is 28.3 Å². The number of imidazole rings is 1. The maximum atomic E-state index is 13.7. The number of thiazole rings is 1. The molecule has 1 aliphatic rings. The molecule has 1 aliphatic heterocycles. The molecule has 13 heteroatoms. The lowest BCUT2D eigenvalue weighted by Gasteiger charge is -2.24. The van der Waals surface area contributed by atoms with Gasteiger partial charge in [0.2, 0.25) is 5.75 Å². The summed E-state index contributed by atoms with van der Waals surface area (Å²) >= 11 is 0.896. The Bertz CT molecular complexity index is 1780. The lowest BCUT2D eigenvalue weighted by molar-refractivity contribution is -0.132. The van der Waals surface area contributed by atoms with Crippen LogP contribution in [0.15, 0.2) is 36.0 Å². The van der Waals surface area contributed by atoms with Gasteiger partial charge in [-0.05, 0) is 50.1 Å². The SMILES string of the molecule is COC(=O)c1sc(N2C(=O)C(=O)/C(=C(/O)c3nc4c(C)cccn4c3C)C2c2cc(OC)c(OC)c(OC)c2)nc1C. The number of pyridine rings is 1. The Balaban J connectivity index is 1.82. The topological polar surface area (TPSA) is 142 Å². The van der Waals surface area contributed by atoms with E-state index in [1.54, 1.807) is 36.6 Å².